The van der Waals surface area contributed by atoms with Crippen LogP contribution in [0.2, 0.25) is 0 Å². The Morgan fingerprint density at radius 3 is 2.68 bits per heavy atom. The van der Waals surface area contributed by atoms with Gasteiger partial charge in [0.15, 0.2) is 0 Å². The Bertz CT molecular complexity index is 707. The maximum absolute atomic E-state index is 12.5. The molecule has 2 aliphatic rings. The second kappa shape index (κ2) is 4.89. The van der Waals surface area contributed by atoms with Crippen molar-refractivity contribution in [2.45, 2.75) is 46.6 Å². The summed E-state index contributed by atoms with van der Waals surface area (Å²) >= 11 is 0. The highest BCUT2D eigenvalue weighted by atomic mass is 32.2. The van der Waals surface area contributed by atoms with Crippen molar-refractivity contribution in [3.63, 3.8) is 0 Å². The summed E-state index contributed by atoms with van der Waals surface area (Å²) in [6.45, 7) is 5.91. The third kappa shape index (κ3) is 2.31. The van der Waals surface area contributed by atoms with E-state index in [1.165, 1.54) is 0 Å². The molecule has 7 heteroatoms. The van der Waals surface area contributed by atoms with Gasteiger partial charge in [-0.1, -0.05) is 19.0 Å². The quantitative estimate of drug-likeness (QED) is 0.891. The third-order valence-electron chi connectivity index (χ3n) is 5.73. The van der Waals surface area contributed by atoms with E-state index in [4.69, 9.17) is 4.52 Å². The fourth-order valence-electron chi connectivity index (χ4n) is 4.17. The normalized spacial score (nSPS) is 30.1. The highest BCUT2D eigenvalue weighted by Gasteiger charge is 2.65. The van der Waals surface area contributed by atoms with Gasteiger partial charge in [-0.3, -0.25) is 4.79 Å². The van der Waals surface area contributed by atoms with E-state index in [1.54, 1.807) is 13.0 Å². The van der Waals surface area contributed by atoms with E-state index in [1.807, 2.05) is 13.8 Å². The standard InChI is InChI=1S/C15H22N2O4S/c1-10-6-12(17-21-10)8-16-22(19,20)9-15-5-4-11(7-13(15)18)14(15,2)3/h6,11,16H,4-5,7-9H2,1-3H3/t11-,15-/m0/s1. The smallest absolute Gasteiger partial charge is 0.212 e. The SMILES string of the molecule is Cc1cc(CNS(=O)(=O)C[C@@]23CC[C@@H](CC2=O)C3(C)C)no1. The molecule has 0 aliphatic heterocycles. The number of aromatic nitrogens is 1. The van der Waals surface area contributed by atoms with Crippen molar-refractivity contribution in [3.05, 3.63) is 17.5 Å². The first-order valence-electron chi connectivity index (χ1n) is 7.59. The van der Waals surface area contributed by atoms with Crippen molar-refractivity contribution in [2.24, 2.45) is 16.7 Å². The lowest BCUT2D eigenvalue weighted by atomic mass is 9.70. The number of rotatable bonds is 5. The lowest BCUT2D eigenvalue weighted by Crippen LogP contribution is -2.45. The molecule has 0 saturated heterocycles. The van der Waals surface area contributed by atoms with Gasteiger partial charge in [0.2, 0.25) is 10.0 Å². The van der Waals surface area contributed by atoms with Crippen molar-refractivity contribution in [2.75, 3.05) is 5.75 Å². The van der Waals surface area contributed by atoms with Gasteiger partial charge in [0.05, 0.1) is 18.0 Å². The molecule has 2 atom stereocenters. The number of ketones is 1. The van der Waals surface area contributed by atoms with Crippen LogP contribution in [0.15, 0.2) is 10.6 Å². The minimum absolute atomic E-state index is 0.0911. The highest BCUT2D eigenvalue weighted by Crippen LogP contribution is 2.64. The molecule has 0 amide bonds. The first-order valence-corrected chi connectivity index (χ1v) is 9.24. The monoisotopic (exact) mass is 326 g/mol. The summed E-state index contributed by atoms with van der Waals surface area (Å²) in [5.74, 6) is 0.933. The van der Waals surface area contributed by atoms with E-state index in [9.17, 15) is 13.2 Å². The zero-order valence-corrected chi connectivity index (χ0v) is 14.0. The van der Waals surface area contributed by atoms with Crippen molar-refractivity contribution in [1.29, 1.82) is 0 Å². The molecule has 1 aromatic rings. The number of fused-ring (bicyclic) bond motifs is 2. The van der Waals surface area contributed by atoms with Crippen LogP contribution in [0.5, 0.6) is 0 Å². The second-order valence-electron chi connectivity index (χ2n) is 7.18. The predicted octanol–water partition coefficient (Wildman–Crippen LogP) is 1.80. The van der Waals surface area contributed by atoms with Gasteiger partial charge in [0.1, 0.15) is 11.5 Å². The van der Waals surface area contributed by atoms with Gasteiger partial charge in [0.25, 0.3) is 0 Å². The van der Waals surface area contributed by atoms with Crippen LogP contribution < -0.4 is 4.72 Å². The number of hydrogen-bond donors (Lipinski definition) is 1. The number of sulfonamides is 1. The van der Waals surface area contributed by atoms with Crippen molar-refractivity contribution in [1.82, 2.24) is 9.88 Å². The average Bonchev–Trinajstić information content (AvgIpc) is 2.98. The number of nitrogens with one attached hydrogen (secondary N) is 1. The molecule has 0 aromatic carbocycles. The average molecular weight is 326 g/mol. The first-order chi connectivity index (χ1) is 10.2. The summed E-state index contributed by atoms with van der Waals surface area (Å²) in [6.07, 6.45) is 2.13. The topological polar surface area (TPSA) is 89.3 Å². The summed E-state index contributed by atoms with van der Waals surface area (Å²) in [4.78, 5) is 12.4. The number of nitrogens with zero attached hydrogens (tertiary/aromatic N) is 1. The van der Waals surface area contributed by atoms with Gasteiger partial charge >= 0.3 is 0 Å². The second-order valence-corrected chi connectivity index (χ2v) is 8.98. The molecule has 1 aromatic heterocycles. The fourth-order valence-corrected chi connectivity index (χ4v) is 5.96. The lowest BCUT2D eigenvalue weighted by Gasteiger charge is -2.36. The molecule has 2 bridgehead atoms. The van der Waals surface area contributed by atoms with E-state index in [0.717, 1.165) is 6.42 Å². The minimum atomic E-state index is -3.55. The highest BCUT2D eigenvalue weighted by molar-refractivity contribution is 7.89. The first kappa shape index (κ1) is 15.7. The van der Waals surface area contributed by atoms with Gasteiger partial charge < -0.3 is 4.52 Å². The van der Waals surface area contributed by atoms with Crippen LogP contribution in [-0.4, -0.2) is 25.1 Å². The zero-order valence-electron chi connectivity index (χ0n) is 13.2. The Balaban J connectivity index is 1.75. The van der Waals surface area contributed by atoms with Gasteiger partial charge in [-0.2, -0.15) is 0 Å². The number of carbonyl (C=O) groups excluding carboxylic acids is 1. The lowest BCUT2D eigenvalue weighted by molar-refractivity contribution is -0.128. The van der Waals surface area contributed by atoms with E-state index in [-0.39, 0.29) is 23.5 Å². The number of Topliss-reactive ketones (excluding diaryl/α,β-unsaturated/α-hetero) is 1. The Hall–Kier alpha value is -1.21. The van der Waals surface area contributed by atoms with Gasteiger partial charge in [0, 0.05) is 17.9 Å². The molecule has 3 rings (SSSR count). The molecule has 0 radical (unpaired) electrons. The van der Waals surface area contributed by atoms with E-state index in [2.05, 4.69) is 9.88 Å². The number of carbonyl (C=O) groups is 1. The maximum atomic E-state index is 12.5. The van der Waals surface area contributed by atoms with Crippen LogP contribution >= 0.6 is 0 Å². The fraction of sp³-hybridized carbons (Fsp3) is 0.733. The van der Waals surface area contributed by atoms with E-state index >= 15 is 0 Å². The van der Waals surface area contributed by atoms with Crippen molar-refractivity contribution in [3.8, 4) is 0 Å². The summed E-state index contributed by atoms with van der Waals surface area (Å²) in [5.41, 5.74) is -0.438. The predicted molar refractivity (Wildman–Crippen MR) is 80.4 cm³/mol. The summed E-state index contributed by atoms with van der Waals surface area (Å²) in [5, 5.41) is 3.77. The zero-order chi connectivity index (χ0) is 16.2. The van der Waals surface area contributed by atoms with Crippen LogP contribution in [0.25, 0.3) is 0 Å². The molecule has 1 heterocycles. The Labute approximate surface area is 130 Å². The van der Waals surface area contributed by atoms with Gasteiger partial charge in [-0.25, -0.2) is 13.1 Å². The minimum Gasteiger partial charge on any atom is -0.361 e. The molecule has 6 nitrogen and oxygen atoms in total. The van der Waals surface area contributed by atoms with Gasteiger partial charge in [-0.05, 0) is 31.1 Å². The maximum Gasteiger partial charge on any atom is 0.212 e. The van der Waals surface area contributed by atoms with Crippen molar-refractivity contribution >= 4 is 15.8 Å². The van der Waals surface area contributed by atoms with Crippen LogP contribution in [0.1, 0.15) is 44.6 Å². The van der Waals surface area contributed by atoms with E-state index < -0.39 is 15.4 Å². The molecular weight excluding hydrogens is 304 g/mol. The summed E-state index contributed by atoms with van der Waals surface area (Å²) < 4.78 is 32.4. The molecule has 2 aliphatic carbocycles. The van der Waals surface area contributed by atoms with Gasteiger partial charge in [-0.15, -0.1) is 0 Å². The van der Waals surface area contributed by atoms with Crippen LogP contribution in [-0.2, 0) is 21.4 Å². The molecule has 0 unspecified atom stereocenters. The Morgan fingerprint density at radius 2 is 2.18 bits per heavy atom. The Morgan fingerprint density at radius 1 is 1.45 bits per heavy atom. The van der Waals surface area contributed by atoms with Crippen LogP contribution in [0, 0.1) is 23.7 Å². The third-order valence-corrected chi connectivity index (χ3v) is 7.18. The molecule has 22 heavy (non-hydrogen) atoms. The van der Waals surface area contributed by atoms with Crippen LogP contribution in [0.3, 0.4) is 0 Å². The molecular formula is C15H22N2O4S. The number of hydrogen-bond acceptors (Lipinski definition) is 5. The van der Waals surface area contributed by atoms with Crippen molar-refractivity contribution < 1.29 is 17.7 Å². The largest absolute Gasteiger partial charge is 0.361 e. The number of aryl methyl sites for hydroxylation is 1. The molecule has 2 fully saturated rings. The molecule has 2 saturated carbocycles. The summed E-state index contributed by atoms with van der Waals surface area (Å²) in [7, 11) is -3.55. The molecule has 0 spiro atoms. The molecule has 122 valence electrons. The molecule has 1 N–H and O–H groups in total. The van der Waals surface area contributed by atoms with E-state index in [0.29, 0.717) is 30.2 Å². The van der Waals surface area contributed by atoms with Crippen LogP contribution in [0.4, 0.5) is 0 Å². The Kier molecular flexibility index (Phi) is 3.49. The summed E-state index contributed by atoms with van der Waals surface area (Å²) in [6, 6.07) is 1.69.